The molecule has 1 heteroatoms. The molecule has 3 unspecified atom stereocenters. The molecule has 1 aliphatic heterocycles. The number of hydrogen-bond acceptors (Lipinski definition) is 1. The molecule has 0 N–H and O–H groups in total. The van der Waals surface area contributed by atoms with Gasteiger partial charge in [0.25, 0.3) is 0 Å². The third-order valence-electron chi connectivity index (χ3n) is 4.57. The van der Waals surface area contributed by atoms with Crippen LogP contribution in [-0.2, 0) is 4.74 Å². The first-order valence-electron chi connectivity index (χ1n) is 4.92. The Bertz CT molecular complexity index is 167. The standard InChI is InChI=1S/C10H16O/c1-7-8-3-2-4-10(8)6-11-5-9(7)10/h7-9H,2-6H2,1H3/t7-,8?,9?,10?/m0/s1. The van der Waals surface area contributed by atoms with E-state index in [0.717, 1.165) is 31.0 Å². The van der Waals surface area contributed by atoms with Crippen molar-refractivity contribution in [2.75, 3.05) is 13.2 Å². The molecule has 3 aliphatic rings. The Morgan fingerprint density at radius 2 is 2.27 bits per heavy atom. The van der Waals surface area contributed by atoms with E-state index >= 15 is 0 Å². The lowest BCUT2D eigenvalue weighted by Gasteiger charge is -2.53. The molecule has 1 saturated heterocycles. The summed E-state index contributed by atoms with van der Waals surface area (Å²) in [4.78, 5) is 0. The highest BCUT2D eigenvalue weighted by Gasteiger charge is 2.64. The zero-order valence-corrected chi connectivity index (χ0v) is 7.18. The summed E-state index contributed by atoms with van der Waals surface area (Å²) in [5, 5.41) is 0. The van der Waals surface area contributed by atoms with Crippen molar-refractivity contribution in [3.05, 3.63) is 0 Å². The molecule has 0 aromatic carbocycles. The minimum atomic E-state index is 0.694. The molecule has 3 fully saturated rings. The summed E-state index contributed by atoms with van der Waals surface area (Å²) < 4.78 is 5.61. The molecule has 0 radical (unpaired) electrons. The van der Waals surface area contributed by atoms with E-state index in [9.17, 15) is 0 Å². The maximum absolute atomic E-state index is 5.61. The van der Waals surface area contributed by atoms with Gasteiger partial charge in [0.05, 0.1) is 13.2 Å². The average Bonchev–Trinajstić information content (AvgIpc) is 2.56. The minimum absolute atomic E-state index is 0.694. The van der Waals surface area contributed by atoms with Crippen molar-refractivity contribution in [1.29, 1.82) is 0 Å². The Morgan fingerprint density at radius 1 is 1.36 bits per heavy atom. The summed E-state index contributed by atoms with van der Waals surface area (Å²) in [6.45, 7) is 4.58. The number of hydrogen-bond donors (Lipinski definition) is 0. The summed E-state index contributed by atoms with van der Waals surface area (Å²) in [5.74, 6) is 2.95. The van der Waals surface area contributed by atoms with Gasteiger partial charge in [-0.25, -0.2) is 0 Å². The van der Waals surface area contributed by atoms with E-state index in [-0.39, 0.29) is 0 Å². The van der Waals surface area contributed by atoms with Gasteiger partial charge in [-0.1, -0.05) is 13.3 Å². The van der Waals surface area contributed by atoms with Crippen molar-refractivity contribution in [2.24, 2.45) is 23.2 Å². The Hall–Kier alpha value is -0.0400. The predicted octanol–water partition coefficient (Wildman–Crippen LogP) is 2.07. The molecule has 3 rings (SSSR count). The first-order chi connectivity index (χ1) is 5.34. The molecule has 11 heavy (non-hydrogen) atoms. The third-order valence-corrected chi connectivity index (χ3v) is 4.57. The van der Waals surface area contributed by atoms with Gasteiger partial charge in [-0.05, 0) is 30.6 Å². The summed E-state index contributed by atoms with van der Waals surface area (Å²) in [7, 11) is 0. The van der Waals surface area contributed by atoms with Gasteiger partial charge in [-0.2, -0.15) is 0 Å². The van der Waals surface area contributed by atoms with Crippen molar-refractivity contribution in [2.45, 2.75) is 26.2 Å². The van der Waals surface area contributed by atoms with Gasteiger partial charge in [-0.15, -0.1) is 0 Å². The maximum Gasteiger partial charge on any atom is 0.0528 e. The van der Waals surface area contributed by atoms with E-state index in [1.54, 1.807) is 0 Å². The zero-order chi connectivity index (χ0) is 7.47. The zero-order valence-electron chi connectivity index (χ0n) is 7.18. The van der Waals surface area contributed by atoms with Crippen LogP contribution in [0.1, 0.15) is 26.2 Å². The number of rotatable bonds is 0. The smallest absolute Gasteiger partial charge is 0.0528 e. The predicted molar refractivity (Wildman–Crippen MR) is 43.2 cm³/mol. The summed E-state index contributed by atoms with van der Waals surface area (Å²) >= 11 is 0. The fourth-order valence-corrected chi connectivity index (χ4v) is 4.04. The van der Waals surface area contributed by atoms with Crippen molar-refractivity contribution in [3.63, 3.8) is 0 Å². The van der Waals surface area contributed by atoms with Crippen LogP contribution in [0.3, 0.4) is 0 Å². The highest BCUT2D eigenvalue weighted by atomic mass is 16.5. The SMILES string of the molecule is C[C@H]1C2CCCC23COCC13. The van der Waals surface area contributed by atoms with Crippen LogP contribution in [0.2, 0.25) is 0 Å². The quantitative estimate of drug-likeness (QED) is 0.516. The Balaban J connectivity index is 1.95. The summed E-state index contributed by atoms with van der Waals surface area (Å²) in [6, 6.07) is 0. The summed E-state index contributed by atoms with van der Waals surface area (Å²) in [6.07, 6.45) is 4.42. The van der Waals surface area contributed by atoms with Crippen LogP contribution < -0.4 is 0 Å². The van der Waals surface area contributed by atoms with Gasteiger partial charge >= 0.3 is 0 Å². The van der Waals surface area contributed by atoms with E-state index in [0.29, 0.717) is 5.41 Å². The van der Waals surface area contributed by atoms with Gasteiger partial charge in [0.15, 0.2) is 0 Å². The lowest BCUT2D eigenvalue weighted by atomic mass is 9.50. The molecule has 2 aliphatic carbocycles. The monoisotopic (exact) mass is 152 g/mol. The largest absolute Gasteiger partial charge is 0.381 e. The molecular formula is C10H16O. The molecule has 0 aromatic rings. The second kappa shape index (κ2) is 1.82. The second-order valence-electron chi connectivity index (χ2n) is 4.71. The van der Waals surface area contributed by atoms with Crippen molar-refractivity contribution >= 4 is 0 Å². The van der Waals surface area contributed by atoms with Gasteiger partial charge in [0.2, 0.25) is 0 Å². The fourth-order valence-electron chi connectivity index (χ4n) is 4.04. The lowest BCUT2D eigenvalue weighted by Crippen LogP contribution is -2.51. The van der Waals surface area contributed by atoms with Crippen molar-refractivity contribution in [3.8, 4) is 0 Å². The van der Waals surface area contributed by atoms with Crippen LogP contribution in [0.4, 0.5) is 0 Å². The molecule has 0 amide bonds. The molecule has 0 aromatic heterocycles. The topological polar surface area (TPSA) is 9.23 Å². The molecule has 62 valence electrons. The van der Waals surface area contributed by atoms with Crippen LogP contribution in [0.25, 0.3) is 0 Å². The Kier molecular flexibility index (Phi) is 1.07. The normalized spacial score (nSPS) is 60.3. The van der Waals surface area contributed by atoms with Crippen LogP contribution >= 0.6 is 0 Å². The average molecular weight is 152 g/mol. The molecule has 4 atom stereocenters. The van der Waals surface area contributed by atoms with E-state index in [1.807, 2.05) is 0 Å². The first-order valence-corrected chi connectivity index (χ1v) is 4.92. The van der Waals surface area contributed by atoms with Crippen LogP contribution in [0.15, 0.2) is 0 Å². The molecule has 1 spiro atoms. The van der Waals surface area contributed by atoms with Crippen molar-refractivity contribution in [1.82, 2.24) is 0 Å². The van der Waals surface area contributed by atoms with Gasteiger partial charge in [0.1, 0.15) is 0 Å². The van der Waals surface area contributed by atoms with Gasteiger partial charge in [0, 0.05) is 5.41 Å². The van der Waals surface area contributed by atoms with E-state index in [1.165, 1.54) is 19.3 Å². The number of ether oxygens (including phenoxy) is 1. The minimum Gasteiger partial charge on any atom is -0.381 e. The molecule has 1 heterocycles. The van der Waals surface area contributed by atoms with Gasteiger partial charge in [-0.3, -0.25) is 0 Å². The maximum atomic E-state index is 5.61. The Morgan fingerprint density at radius 3 is 3.18 bits per heavy atom. The highest BCUT2D eigenvalue weighted by molar-refractivity contribution is 5.11. The van der Waals surface area contributed by atoms with Gasteiger partial charge < -0.3 is 4.74 Å². The van der Waals surface area contributed by atoms with Crippen LogP contribution in [0.5, 0.6) is 0 Å². The molecule has 2 saturated carbocycles. The van der Waals surface area contributed by atoms with Crippen molar-refractivity contribution < 1.29 is 4.74 Å². The Labute approximate surface area is 68.1 Å². The molecule has 0 bridgehead atoms. The fraction of sp³-hybridized carbons (Fsp3) is 1.00. The second-order valence-corrected chi connectivity index (χ2v) is 4.71. The van der Waals surface area contributed by atoms with Crippen LogP contribution in [-0.4, -0.2) is 13.2 Å². The first kappa shape index (κ1) is 6.47. The molecule has 1 nitrogen and oxygen atoms in total. The molecular weight excluding hydrogens is 136 g/mol. The summed E-state index contributed by atoms with van der Waals surface area (Å²) in [5.41, 5.74) is 0.694. The lowest BCUT2D eigenvalue weighted by molar-refractivity contribution is -0.0513. The van der Waals surface area contributed by atoms with E-state index in [4.69, 9.17) is 4.74 Å². The van der Waals surface area contributed by atoms with E-state index in [2.05, 4.69) is 6.92 Å². The van der Waals surface area contributed by atoms with E-state index < -0.39 is 0 Å². The third kappa shape index (κ3) is 0.547. The highest BCUT2D eigenvalue weighted by Crippen LogP contribution is 2.66. The van der Waals surface area contributed by atoms with Crippen LogP contribution in [0, 0.1) is 23.2 Å².